The summed E-state index contributed by atoms with van der Waals surface area (Å²) in [5, 5.41) is 21.9. The predicted octanol–water partition coefficient (Wildman–Crippen LogP) is 4.62. The lowest BCUT2D eigenvalue weighted by atomic mass is 9.44. The molecule has 176 valence electrons. The molecule has 0 aromatic heterocycles. The maximum absolute atomic E-state index is 12.1. The predicted molar refractivity (Wildman–Crippen MR) is 120 cm³/mol. The summed E-state index contributed by atoms with van der Waals surface area (Å²) in [5.74, 6) is -0.00303. The number of nitrogens with one attached hydrogen (secondary N) is 1. The first-order valence-corrected chi connectivity index (χ1v) is 12.2. The van der Waals surface area contributed by atoms with Crippen LogP contribution in [-0.4, -0.2) is 34.7 Å². The number of carbonyl (C=O) groups is 2. The molecular formula is C26H43NO4. The number of carboxylic acids is 1. The summed E-state index contributed by atoms with van der Waals surface area (Å²) in [6.07, 6.45) is -0.884. The molecule has 0 radical (unpaired) electrons. The molecule has 0 aliphatic heterocycles. The molecule has 4 saturated carbocycles. The van der Waals surface area contributed by atoms with Crippen molar-refractivity contribution in [1.82, 2.24) is 5.32 Å². The Labute approximate surface area is 194 Å². The van der Waals surface area contributed by atoms with Crippen LogP contribution in [0.2, 0.25) is 0 Å². The van der Waals surface area contributed by atoms with E-state index in [9.17, 15) is 14.7 Å². The minimum Gasteiger partial charge on any atom is -0.480 e. The number of carbonyl (C=O) groups excluding carboxylic acids is 1. The molecule has 4 aliphatic rings. The summed E-state index contributed by atoms with van der Waals surface area (Å²) in [7, 11) is 0. The summed E-state index contributed by atoms with van der Waals surface area (Å²) in [4.78, 5) is 22.8. The number of rotatable bonds is 6. The highest BCUT2D eigenvalue weighted by Crippen LogP contribution is 2.68. The minimum absolute atomic E-state index is 0.0140. The van der Waals surface area contributed by atoms with Gasteiger partial charge in [0.05, 0.1) is 7.45 Å². The zero-order valence-electron chi connectivity index (χ0n) is 24.2. The normalized spacial score (nSPS) is 53.2. The molecule has 0 heterocycles. The average molecular weight is 439 g/mol. The molecule has 4 aliphatic carbocycles. The Kier molecular flexibility index (Phi) is 4.87. The maximum atomic E-state index is 12.1. The number of aliphatic carboxylic acids is 1. The van der Waals surface area contributed by atoms with Gasteiger partial charge in [-0.1, -0.05) is 20.8 Å². The first-order valence-electron chi connectivity index (χ1n) is 14.7. The van der Waals surface area contributed by atoms with Crippen molar-refractivity contribution in [1.29, 1.82) is 0 Å². The van der Waals surface area contributed by atoms with E-state index in [1.807, 2.05) is 6.92 Å². The van der Waals surface area contributed by atoms with Gasteiger partial charge in [-0.25, -0.2) is 0 Å². The van der Waals surface area contributed by atoms with Crippen LogP contribution in [0.25, 0.3) is 0 Å². The zero-order valence-corrected chi connectivity index (χ0v) is 19.2. The van der Waals surface area contributed by atoms with E-state index in [2.05, 4.69) is 19.2 Å². The average Bonchev–Trinajstić information content (AvgIpc) is 3.12. The Hall–Kier alpha value is -1.10. The van der Waals surface area contributed by atoms with Crippen LogP contribution in [0.4, 0.5) is 0 Å². The van der Waals surface area contributed by atoms with Crippen LogP contribution >= 0.6 is 0 Å². The van der Waals surface area contributed by atoms with Crippen molar-refractivity contribution < 1.29 is 26.7 Å². The van der Waals surface area contributed by atoms with E-state index >= 15 is 0 Å². The standard InChI is InChI=1S/C26H43NO4/c1-16(4-9-23(29)27-15-24(30)31)20-7-8-21-19-6-5-17-14-18(28)10-12-25(17,2)22(19)11-13-26(20,21)3/h16-22,28H,4-15H2,1-3H3,(H,27,29)(H,30,31)/t16-,17-,18-,19+,20-,21+,22+,25+,26-/m1/s1/i10D2,14D2,18D. The summed E-state index contributed by atoms with van der Waals surface area (Å²) in [5.41, 5.74) is -0.485. The molecule has 5 nitrogen and oxygen atoms in total. The molecule has 31 heavy (non-hydrogen) atoms. The number of hydrogen-bond donors (Lipinski definition) is 3. The highest BCUT2D eigenvalue weighted by Gasteiger charge is 2.60. The Morgan fingerprint density at radius 2 is 1.87 bits per heavy atom. The zero-order chi connectivity index (χ0) is 26.9. The van der Waals surface area contributed by atoms with E-state index in [-0.39, 0.29) is 30.2 Å². The van der Waals surface area contributed by atoms with Crippen LogP contribution < -0.4 is 5.32 Å². The third kappa shape index (κ3) is 4.16. The van der Waals surface area contributed by atoms with Crippen LogP contribution in [-0.2, 0) is 9.59 Å². The van der Waals surface area contributed by atoms with Gasteiger partial charge in [-0.2, -0.15) is 0 Å². The largest absolute Gasteiger partial charge is 0.480 e. The Morgan fingerprint density at radius 3 is 2.61 bits per heavy atom. The Bertz CT molecular complexity index is 898. The number of aliphatic hydroxyl groups is 1. The van der Waals surface area contributed by atoms with Crippen molar-refractivity contribution >= 4 is 11.9 Å². The molecule has 1 amide bonds. The fourth-order valence-electron chi connectivity index (χ4n) is 8.24. The molecule has 0 unspecified atom stereocenters. The topological polar surface area (TPSA) is 86.6 Å². The van der Waals surface area contributed by atoms with Gasteiger partial charge in [0.15, 0.2) is 0 Å². The monoisotopic (exact) mass is 438 g/mol. The van der Waals surface area contributed by atoms with Gasteiger partial charge in [-0.3, -0.25) is 9.59 Å². The van der Waals surface area contributed by atoms with E-state index in [0.717, 1.165) is 38.5 Å². The quantitative estimate of drug-likeness (QED) is 0.564. The molecule has 5 heteroatoms. The summed E-state index contributed by atoms with van der Waals surface area (Å²) in [6, 6.07) is 0. The van der Waals surface area contributed by atoms with Crippen molar-refractivity contribution in [2.24, 2.45) is 46.3 Å². The molecule has 0 bridgehead atoms. The lowest BCUT2D eigenvalue weighted by Crippen LogP contribution is -2.54. The number of fused-ring (bicyclic) bond motifs is 5. The van der Waals surface area contributed by atoms with Crippen LogP contribution in [0.3, 0.4) is 0 Å². The van der Waals surface area contributed by atoms with E-state index in [1.54, 1.807) is 0 Å². The molecule has 3 N–H and O–H groups in total. The first-order chi connectivity index (χ1) is 16.5. The van der Waals surface area contributed by atoms with Crippen LogP contribution in [0.1, 0.15) is 98.2 Å². The van der Waals surface area contributed by atoms with Crippen molar-refractivity contribution in [2.45, 2.75) is 97.4 Å². The molecule has 0 aromatic rings. The van der Waals surface area contributed by atoms with Crippen LogP contribution in [0.15, 0.2) is 0 Å². The maximum Gasteiger partial charge on any atom is 0.322 e. The van der Waals surface area contributed by atoms with Gasteiger partial charge < -0.3 is 15.5 Å². The molecule has 0 spiro atoms. The SMILES string of the molecule is [2H]C1([2H])C[C@@]2(C)[C@H](CC[C@@H]3[C@@H]2CC[C@]2(C)[C@@H]([C@H](C)CCC(=O)NCC(=O)O)CC[C@@H]32)C([2H])([2H])[C@]1([2H])O. The van der Waals surface area contributed by atoms with Gasteiger partial charge in [0.2, 0.25) is 5.91 Å². The lowest BCUT2D eigenvalue weighted by molar-refractivity contribution is -0.138. The van der Waals surface area contributed by atoms with Gasteiger partial charge in [-0.15, -0.1) is 0 Å². The van der Waals surface area contributed by atoms with Gasteiger partial charge in [-0.05, 0) is 110 Å². The van der Waals surface area contributed by atoms with Crippen LogP contribution in [0.5, 0.6) is 0 Å². The number of hydrogen-bond acceptors (Lipinski definition) is 3. The highest BCUT2D eigenvalue weighted by molar-refractivity contribution is 5.81. The number of amides is 1. The third-order valence-electron chi connectivity index (χ3n) is 9.84. The highest BCUT2D eigenvalue weighted by atomic mass is 16.4. The van der Waals surface area contributed by atoms with E-state index in [4.69, 9.17) is 12.0 Å². The minimum atomic E-state index is -2.76. The smallest absolute Gasteiger partial charge is 0.322 e. The summed E-state index contributed by atoms with van der Waals surface area (Å²) < 4.78 is 42.5. The van der Waals surface area contributed by atoms with E-state index in [0.29, 0.717) is 36.5 Å². The van der Waals surface area contributed by atoms with Gasteiger partial charge in [0.1, 0.15) is 6.54 Å². The molecule has 4 fully saturated rings. The molecule has 0 saturated heterocycles. The summed E-state index contributed by atoms with van der Waals surface area (Å²) in [6.45, 7) is 6.24. The fourth-order valence-corrected chi connectivity index (χ4v) is 8.24. The fraction of sp³-hybridized carbons (Fsp3) is 0.923. The Morgan fingerprint density at radius 1 is 1.13 bits per heavy atom. The van der Waals surface area contributed by atoms with Crippen molar-refractivity contribution in [3.05, 3.63) is 0 Å². The molecular weight excluding hydrogens is 390 g/mol. The van der Waals surface area contributed by atoms with Gasteiger partial charge in [0.25, 0.3) is 0 Å². The second-order valence-electron chi connectivity index (χ2n) is 11.3. The number of carboxylic acid groups (broad SMARTS) is 1. The van der Waals surface area contributed by atoms with Crippen molar-refractivity contribution in [3.63, 3.8) is 0 Å². The van der Waals surface area contributed by atoms with Gasteiger partial charge in [0, 0.05) is 11.9 Å². The van der Waals surface area contributed by atoms with Crippen molar-refractivity contribution in [2.75, 3.05) is 6.54 Å². The lowest BCUT2D eigenvalue weighted by Gasteiger charge is -2.61. The second-order valence-corrected chi connectivity index (χ2v) is 11.3. The summed E-state index contributed by atoms with van der Waals surface area (Å²) >= 11 is 0. The van der Waals surface area contributed by atoms with Crippen molar-refractivity contribution in [3.8, 4) is 0 Å². The molecule has 4 rings (SSSR count). The van der Waals surface area contributed by atoms with E-state index in [1.165, 1.54) is 0 Å². The molecule has 0 aromatic carbocycles. The van der Waals surface area contributed by atoms with Crippen LogP contribution in [0, 0.1) is 46.3 Å². The van der Waals surface area contributed by atoms with Gasteiger partial charge >= 0.3 is 5.97 Å². The first kappa shape index (κ1) is 17.4. The second kappa shape index (κ2) is 8.68. The molecule has 9 atom stereocenters. The third-order valence-corrected chi connectivity index (χ3v) is 9.84. The Balaban J connectivity index is 1.50. The van der Waals surface area contributed by atoms with E-state index < -0.39 is 36.1 Å².